The van der Waals surface area contributed by atoms with E-state index in [1.807, 2.05) is 30.0 Å². The van der Waals surface area contributed by atoms with Gasteiger partial charge in [-0.3, -0.25) is 9.59 Å². The molecule has 6 heteroatoms. The number of rotatable bonds is 3. The van der Waals surface area contributed by atoms with Crippen LogP contribution >= 0.6 is 15.9 Å². The summed E-state index contributed by atoms with van der Waals surface area (Å²) in [5.41, 5.74) is 1.97. The molecule has 1 aromatic carbocycles. The Hall–Kier alpha value is -1.40. The molecule has 5 nitrogen and oxygen atoms in total. The molecule has 2 aliphatic rings. The van der Waals surface area contributed by atoms with Crippen LogP contribution in [0.25, 0.3) is 0 Å². The smallest absolute Gasteiger partial charge is 0.228 e. The number of likely N-dealkylation sites (N-methyl/N-ethyl adjacent to an activating group) is 1. The van der Waals surface area contributed by atoms with E-state index in [0.29, 0.717) is 19.0 Å². The number of hydrogen-bond acceptors (Lipinski definition) is 3. The van der Waals surface area contributed by atoms with Crippen LogP contribution in [0.2, 0.25) is 0 Å². The highest BCUT2D eigenvalue weighted by molar-refractivity contribution is 9.10. The second-order valence-corrected chi connectivity index (χ2v) is 8.24. The molecule has 2 atom stereocenters. The normalized spacial score (nSPS) is 24.3. The number of aryl methyl sites for hydroxylation is 1. The number of benzene rings is 1. The summed E-state index contributed by atoms with van der Waals surface area (Å²) in [6.07, 6.45) is 2.48. The highest BCUT2D eigenvalue weighted by atomic mass is 79.9. The zero-order valence-electron chi connectivity index (χ0n) is 15.2. The first-order valence-electron chi connectivity index (χ1n) is 8.88. The summed E-state index contributed by atoms with van der Waals surface area (Å²) >= 11 is 3.49. The minimum Gasteiger partial charge on any atom is -0.341 e. The number of piperidine rings is 1. The summed E-state index contributed by atoms with van der Waals surface area (Å²) in [5, 5.41) is 0. The van der Waals surface area contributed by atoms with Crippen molar-refractivity contribution in [1.29, 1.82) is 0 Å². The molecule has 0 aromatic heterocycles. The summed E-state index contributed by atoms with van der Waals surface area (Å²) in [7, 11) is 4.13. The van der Waals surface area contributed by atoms with Gasteiger partial charge in [-0.1, -0.05) is 15.9 Å². The summed E-state index contributed by atoms with van der Waals surface area (Å²) in [6.45, 7) is 4.08. The third-order valence-corrected chi connectivity index (χ3v) is 6.26. The minimum atomic E-state index is -0.225. The Bertz CT molecular complexity index is 677. The first-order chi connectivity index (χ1) is 11.9. The lowest BCUT2D eigenvalue weighted by molar-refractivity contribution is -0.137. The number of likely N-dealkylation sites (tertiary alicyclic amines) is 1. The molecule has 2 amide bonds. The number of hydrogen-bond donors (Lipinski definition) is 0. The fourth-order valence-corrected chi connectivity index (χ4v) is 4.00. The monoisotopic (exact) mass is 407 g/mol. The van der Waals surface area contributed by atoms with Crippen LogP contribution in [0.1, 0.15) is 24.8 Å². The predicted molar refractivity (Wildman–Crippen MR) is 103 cm³/mol. The SMILES string of the molecule is Cc1cc(N2CC(C(=O)N3CCCC(N(C)C)C3)CC2=O)ccc1Br. The van der Waals surface area contributed by atoms with Gasteiger partial charge in [0.2, 0.25) is 11.8 Å². The van der Waals surface area contributed by atoms with Gasteiger partial charge >= 0.3 is 0 Å². The van der Waals surface area contributed by atoms with Crippen LogP contribution in [-0.4, -0.2) is 61.4 Å². The number of halogens is 1. The third kappa shape index (κ3) is 3.90. The van der Waals surface area contributed by atoms with E-state index in [1.165, 1.54) is 0 Å². The second kappa shape index (κ2) is 7.46. The van der Waals surface area contributed by atoms with Gasteiger partial charge in [0.1, 0.15) is 0 Å². The average molecular weight is 408 g/mol. The van der Waals surface area contributed by atoms with Crippen molar-refractivity contribution in [3.8, 4) is 0 Å². The molecule has 1 aromatic rings. The topological polar surface area (TPSA) is 43.9 Å². The molecule has 0 spiro atoms. The van der Waals surface area contributed by atoms with E-state index in [2.05, 4.69) is 34.9 Å². The van der Waals surface area contributed by atoms with Crippen LogP contribution in [-0.2, 0) is 9.59 Å². The van der Waals surface area contributed by atoms with Crippen molar-refractivity contribution in [1.82, 2.24) is 9.80 Å². The van der Waals surface area contributed by atoms with Crippen LogP contribution in [0.3, 0.4) is 0 Å². The summed E-state index contributed by atoms with van der Waals surface area (Å²) < 4.78 is 1.03. The first-order valence-corrected chi connectivity index (χ1v) is 9.68. The molecular formula is C19H26BrN3O2. The molecule has 0 aliphatic carbocycles. The molecule has 3 rings (SSSR count). The Balaban J connectivity index is 1.69. The van der Waals surface area contributed by atoms with Crippen molar-refractivity contribution in [3.05, 3.63) is 28.2 Å². The molecule has 0 saturated carbocycles. The molecule has 2 aliphatic heterocycles. The van der Waals surface area contributed by atoms with E-state index in [9.17, 15) is 9.59 Å². The first kappa shape index (κ1) is 18.4. The van der Waals surface area contributed by atoms with Crippen molar-refractivity contribution < 1.29 is 9.59 Å². The molecule has 2 heterocycles. The van der Waals surface area contributed by atoms with E-state index in [1.54, 1.807) is 4.90 Å². The van der Waals surface area contributed by atoms with Crippen LogP contribution in [0.15, 0.2) is 22.7 Å². The van der Waals surface area contributed by atoms with Gasteiger partial charge in [0.05, 0.1) is 5.92 Å². The van der Waals surface area contributed by atoms with Gasteiger partial charge in [0.25, 0.3) is 0 Å². The zero-order valence-corrected chi connectivity index (χ0v) is 16.8. The maximum absolute atomic E-state index is 12.9. The van der Waals surface area contributed by atoms with Crippen molar-refractivity contribution in [2.24, 2.45) is 5.92 Å². The van der Waals surface area contributed by atoms with Crippen LogP contribution in [0.5, 0.6) is 0 Å². The van der Waals surface area contributed by atoms with Crippen LogP contribution < -0.4 is 4.90 Å². The van der Waals surface area contributed by atoms with Gasteiger partial charge in [-0.05, 0) is 57.6 Å². The van der Waals surface area contributed by atoms with Gasteiger partial charge in [0, 0.05) is 42.3 Å². The fourth-order valence-electron chi connectivity index (χ4n) is 3.75. The average Bonchev–Trinajstić information content (AvgIpc) is 2.98. The lowest BCUT2D eigenvalue weighted by atomic mass is 10.0. The molecular weight excluding hydrogens is 382 g/mol. The second-order valence-electron chi connectivity index (χ2n) is 7.38. The van der Waals surface area contributed by atoms with Crippen molar-refractivity contribution in [2.75, 3.05) is 38.6 Å². The van der Waals surface area contributed by atoms with E-state index < -0.39 is 0 Å². The molecule has 2 fully saturated rings. The standard InChI is InChI=1S/C19H26BrN3O2/c1-13-9-15(6-7-17(13)20)23-11-14(10-18(23)24)19(25)22-8-4-5-16(12-22)21(2)3/h6-7,9,14,16H,4-5,8,10-12H2,1-3H3. The van der Waals surface area contributed by atoms with Gasteiger partial charge < -0.3 is 14.7 Å². The van der Waals surface area contributed by atoms with Crippen molar-refractivity contribution in [3.63, 3.8) is 0 Å². The number of amides is 2. The lowest BCUT2D eigenvalue weighted by Crippen LogP contribution is -2.49. The number of nitrogens with zero attached hydrogens (tertiary/aromatic N) is 3. The maximum Gasteiger partial charge on any atom is 0.228 e. The number of anilines is 1. The van der Waals surface area contributed by atoms with Crippen LogP contribution in [0.4, 0.5) is 5.69 Å². The van der Waals surface area contributed by atoms with E-state index >= 15 is 0 Å². The third-order valence-electron chi connectivity index (χ3n) is 5.37. The summed E-state index contributed by atoms with van der Waals surface area (Å²) in [6, 6.07) is 6.31. The van der Waals surface area contributed by atoms with Gasteiger partial charge in [-0.15, -0.1) is 0 Å². The Kier molecular flexibility index (Phi) is 5.49. The highest BCUT2D eigenvalue weighted by Crippen LogP contribution is 2.30. The van der Waals surface area contributed by atoms with E-state index in [-0.39, 0.29) is 17.7 Å². The predicted octanol–water partition coefficient (Wildman–Crippen LogP) is 2.66. The number of carbonyl (C=O) groups is 2. The molecule has 2 saturated heterocycles. The number of carbonyl (C=O) groups excluding carboxylic acids is 2. The van der Waals surface area contributed by atoms with Gasteiger partial charge in [-0.2, -0.15) is 0 Å². The molecule has 0 radical (unpaired) electrons. The van der Waals surface area contributed by atoms with Crippen molar-refractivity contribution >= 4 is 33.4 Å². The summed E-state index contributed by atoms with van der Waals surface area (Å²) in [4.78, 5) is 31.3. The Labute approximate surface area is 158 Å². The molecule has 0 N–H and O–H groups in total. The zero-order chi connectivity index (χ0) is 18.1. The largest absolute Gasteiger partial charge is 0.341 e. The van der Waals surface area contributed by atoms with Crippen molar-refractivity contribution in [2.45, 2.75) is 32.2 Å². The Morgan fingerprint density at radius 1 is 1.28 bits per heavy atom. The Morgan fingerprint density at radius 2 is 2.04 bits per heavy atom. The molecule has 25 heavy (non-hydrogen) atoms. The van der Waals surface area contributed by atoms with E-state index in [4.69, 9.17) is 0 Å². The molecule has 0 bridgehead atoms. The minimum absolute atomic E-state index is 0.0428. The highest BCUT2D eigenvalue weighted by Gasteiger charge is 2.38. The van der Waals surface area contributed by atoms with Gasteiger partial charge in [-0.25, -0.2) is 0 Å². The molecule has 2 unspecified atom stereocenters. The fraction of sp³-hybridized carbons (Fsp3) is 0.579. The van der Waals surface area contributed by atoms with E-state index in [0.717, 1.165) is 41.7 Å². The van der Waals surface area contributed by atoms with Gasteiger partial charge in [0.15, 0.2) is 0 Å². The summed E-state index contributed by atoms with van der Waals surface area (Å²) in [5.74, 6) is -0.0464. The maximum atomic E-state index is 12.9. The quantitative estimate of drug-likeness (QED) is 0.773. The van der Waals surface area contributed by atoms with Crippen LogP contribution in [0, 0.1) is 12.8 Å². The lowest BCUT2D eigenvalue weighted by Gasteiger charge is -2.37. The Morgan fingerprint density at radius 3 is 2.72 bits per heavy atom. The molecule has 136 valence electrons.